The SMILES string of the molecule is NCc1ccc(CN2CCN(C=O)CC2)cc1. The van der Waals surface area contributed by atoms with Crippen LogP contribution >= 0.6 is 0 Å². The van der Waals surface area contributed by atoms with E-state index in [2.05, 4.69) is 29.2 Å². The third-order valence-electron chi connectivity index (χ3n) is 3.22. The molecule has 92 valence electrons. The van der Waals surface area contributed by atoms with E-state index in [1.165, 1.54) is 11.1 Å². The lowest BCUT2D eigenvalue weighted by Crippen LogP contribution is -2.45. The molecule has 0 unspecified atom stereocenters. The molecule has 4 nitrogen and oxygen atoms in total. The molecule has 0 aliphatic carbocycles. The van der Waals surface area contributed by atoms with Crippen LogP contribution in [0.5, 0.6) is 0 Å². The van der Waals surface area contributed by atoms with Gasteiger partial charge in [-0.1, -0.05) is 24.3 Å². The largest absolute Gasteiger partial charge is 0.343 e. The predicted molar refractivity (Wildman–Crippen MR) is 67.2 cm³/mol. The number of amides is 1. The number of nitrogens with two attached hydrogens (primary N) is 1. The van der Waals surface area contributed by atoms with Gasteiger partial charge in [-0.3, -0.25) is 9.69 Å². The van der Waals surface area contributed by atoms with Crippen LogP contribution in [0.15, 0.2) is 24.3 Å². The fraction of sp³-hybridized carbons (Fsp3) is 0.462. The van der Waals surface area contributed by atoms with E-state index in [1.807, 2.05) is 4.90 Å². The van der Waals surface area contributed by atoms with E-state index in [9.17, 15) is 4.79 Å². The summed E-state index contributed by atoms with van der Waals surface area (Å²) >= 11 is 0. The molecule has 1 amide bonds. The van der Waals surface area contributed by atoms with Crippen molar-refractivity contribution >= 4 is 6.41 Å². The van der Waals surface area contributed by atoms with Gasteiger partial charge in [-0.2, -0.15) is 0 Å². The number of carbonyl (C=O) groups is 1. The maximum atomic E-state index is 10.6. The molecule has 0 aromatic heterocycles. The van der Waals surface area contributed by atoms with Gasteiger partial charge in [0.25, 0.3) is 0 Å². The second-order valence-corrected chi connectivity index (χ2v) is 4.44. The van der Waals surface area contributed by atoms with Crippen molar-refractivity contribution in [3.63, 3.8) is 0 Å². The van der Waals surface area contributed by atoms with Gasteiger partial charge in [0, 0.05) is 39.3 Å². The van der Waals surface area contributed by atoms with E-state index in [0.29, 0.717) is 6.54 Å². The standard InChI is InChI=1S/C13H19N3O/c14-9-12-1-3-13(4-2-12)10-15-5-7-16(11-17)8-6-15/h1-4,11H,5-10,14H2. The van der Waals surface area contributed by atoms with Crippen LogP contribution < -0.4 is 5.73 Å². The Morgan fingerprint density at radius 3 is 2.18 bits per heavy atom. The van der Waals surface area contributed by atoms with Gasteiger partial charge in [0.1, 0.15) is 0 Å². The molecule has 1 aliphatic heterocycles. The minimum Gasteiger partial charge on any atom is -0.343 e. The maximum absolute atomic E-state index is 10.6. The van der Waals surface area contributed by atoms with Crippen molar-refractivity contribution in [1.82, 2.24) is 9.80 Å². The van der Waals surface area contributed by atoms with Crippen LogP contribution in [0.1, 0.15) is 11.1 Å². The molecule has 2 N–H and O–H groups in total. The molecule has 0 radical (unpaired) electrons. The van der Waals surface area contributed by atoms with Gasteiger partial charge >= 0.3 is 0 Å². The quantitative estimate of drug-likeness (QED) is 0.767. The topological polar surface area (TPSA) is 49.6 Å². The van der Waals surface area contributed by atoms with Gasteiger partial charge in [0.2, 0.25) is 6.41 Å². The van der Waals surface area contributed by atoms with Crippen molar-refractivity contribution in [2.75, 3.05) is 26.2 Å². The highest BCUT2D eigenvalue weighted by molar-refractivity contribution is 5.47. The monoisotopic (exact) mass is 233 g/mol. The number of nitrogens with zero attached hydrogens (tertiary/aromatic N) is 2. The molecule has 1 aromatic rings. The summed E-state index contributed by atoms with van der Waals surface area (Å²) in [6.45, 7) is 5.14. The lowest BCUT2D eigenvalue weighted by molar-refractivity contribution is -0.119. The summed E-state index contributed by atoms with van der Waals surface area (Å²) in [7, 11) is 0. The summed E-state index contributed by atoms with van der Waals surface area (Å²) in [5, 5.41) is 0. The van der Waals surface area contributed by atoms with Crippen molar-refractivity contribution in [1.29, 1.82) is 0 Å². The van der Waals surface area contributed by atoms with Crippen LogP contribution in [0.4, 0.5) is 0 Å². The summed E-state index contributed by atoms with van der Waals surface area (Å²) in [6.07, 6.45) is 0.938. The Labute approximate surface area is 102 Å². The van der Waals surface area contributed by atoms with E-state index in [0.717, 1.165) is 39.1 Å². The molecule has 4 heteroatoms. The number of hydrogen-bond donors (Lipinski definition) is 1. The second kappa shape index (κ2) is 5.80. The first-order valence-corrected chi connectivity index (χ1v) is 6.01. The van der Waals surface area contributed by atoms with Crippen molar-refractivity contribution in [2.45, 2.75) is 13.1 Å². The van der Waals surface area contributed by atoms with Gasteiger partial charge in [0.15, 0.2) is 0 Å². The summed E-state index contributed by atoms with van der Waals surface area (Å²) < 4.78 is 0. The van der Waals surface area contributed by atoms with Crippen molar-refractivity contribution in [3.8, 4) is 0 Å². The van der Waals surface area contributed by atoms with Crippen LogP contribution in [-0.2, 0) is 17.9 Å². The summed E-state index contributed by atoms with van der Waals surface area (Å²) in [6, 6.07) is 8.43. The molecule has 0 atom stereocenters. The lowest BCUT2D eigenvalue weighted by Gasteiger charge is -2.32. The normalized spacial score (nSPS) is 17.1. The fourth-order valence-electron chi connectivity index (χ4n) is 2.07. The molecule has 1 fully saturated rings. The number of carbonyl (C=O) groups excluding carboxylic acids is 1. The van der Waals surface area contributed by atoms with E-state index in [4.69, 9.17) is 5.73 Å². The molecule has 1 aromatic carbocycles. The first-order chi connectivity index (χ1) is 8.31. The van der Waals surface area contributed by atoms with Gasteiger partial charge in [0.05, 0.1) is 0 Å². The third kappa shape index (κ3) is 3.28. The van der Waals surface area contributed by atoms with Crippen molar-refractivity contribution in [3.05, 3.63) is 35.4 Å². The molecule has 0 saturated carbocycles. The van der Waals surface area contributed by atoms with E-state index < -0.39 is 0 Å². The average molecular weight is 233 g/mol. The van der Waals surface area contributed by atoms with Crippen LogP contribution in [0.2, 0.25) is 0 Å². The summed E-state index contributed by atoms with van der Waals surface area (Å²) in [5.74, 6) is 0. The molecule has 2 rings (SSSR count). The highest BCUT2D eigenvalue weighted by atomic mass is 16.1. The van der Waals surface area contributed by atoms with Gasteiger partial charge < -0.3 is 10.6 Å². The minimum atomic E-state index is 0.596. The number of piperazine rings is 1. The molecule has 0 spiro atoms. The molecule has 0 bridgehead atoms. The molecule has 1 saturated heterocycles. The Hall–Kier alpha value is -1.39. The van der Waals surface area contributed by atoms with Gasteiger partial charge in [-0.25, -0.2) is 0 Å². The first-order valence-electron chi connectivity index (χ1n) is 6.01. The number of rotatable bonds is 4. The number of benzene rings is 1. The highest BCUT2D eigenvalue weighted by Gasteiger charge is 2.14. The van der Waals surface area contributed by atoms with Crippen LogP contribution in [0, 0.1) is 0 Å². The van der Waals surface area contributed by atoms with Crippen LogP contribution in [-0.4, -0.2) is 42.4 Å². The fourth-order valence-corrected chi connectivity index (χ4v) is 2.07. The highest BCUT2D eigenvalue weighted by Crippen LogP contribution is 2.09. The third-order valence-corrected chi connectivity index (χ3v) is 3.22. The smallest absolute Gasteiger partial charge is 0.209 e. The van der Waals surface area contributed by atoms with Crippen molar-refractivity contribution < 1.29 is 4.79 Å². The average Bonchev–Trinajstić information content (AvgIpc) is 2.40. The lowest BCUT2D eigenvalue weighted by atomic mass is 10.1. The molecule has 17 heavy (non-hydrogen) atoms. The Morgan fingerprint density at radius 1 is 1.06 bits per heavy atom. The zero-order valence-corrected chi connectivity index (χ0v) is 10.0. The maximum Gasteiger partial charge on any atom is 0.209 e. The van der Waals surface area contributed by atoms with Gasteiger partial charge in [-0.05, 0) is 11.1 Å². The van der Waals surface area contributed by atoms with E-state index >= 15 is 0 Å². The molecule has 1 heterocycles. The van der Waals surface area contributed by atoms with Crippen LogP contribution in [0.3, 0.4) is 0 Å². The van der Waals surface area contributed by atoms with E-state index in [1.54, 1.807) is 0 Å². The van der Waals surface area contributed by atoms with Crippen LogP contribution in [0.25, 0.3) is 0 Å². The molecular weight excluding hydrogens is 214 g/mol. The Bertz CT molecular complexity index is 355. The second-order valence-electron chi connectivity index (χ2n) is 4.44. The summed E-state index contributed by atoms with van der Waals surface area (Å²) in [5.41, 5.74) is 8.04. The Balaban J connectivity index is 1.86. The summed E-state index contributed by atoms with van der Waals surface area (Å²) in [4.78, 5) is 14.8. The Kier molecular flexibility index (Phi) is 4.12. The zero-order valence-electron chi connectivity index (χ0n) is 10.0. The zero-order chi connectivity index (χ0) is 12.1. The van der Waals surface area contributed by atoms with Gasteiger partial charge in [-0.15, -0.1) is 0 Å². The number of hydrogen-bond acceptors (Lipinski definition) is 3. The van der Waals surface area contributed by atoms with E-state index in [-0.39, 0.29) is 0 Å². The predicted octanol–water partition coefficient (Wildman–Crippen LogP) is 0.419. The molecular formula is C13H19N3O. The molecule has 1 aliphatic rings. The Morgan fingerprint density at radius 2 is 1.65 bits per heavy atom. The van der Waals surface area contributed by atoms with Crippen molar-refractivity contribution in [2.24, 2.45) is 5.73 Å². The minimum absolute atomic E-state index is 0.596. The first kappa shape index (κ1) is 12.1.